The molecule has 2 aromatic rings. The van der Waals surface area contributed by atoms with E-state index in [1.807, 2.05) is 47.1 Å². The van der Waals surface area contributed by atoms with Crippen LogP contribution >= 0.6 is 0 Å². The molecule has 0 spiro atoms. The molecule has 0 aliphatic carbocycles. The molecule has 2 aliphatic heterocycles. The van der Waals surface area contributed by atoms with Gasteiger partial charge < -0.3 is 19.0 Å². The van der Waals surface area contributed by atoms with E-state index in [1.165, 1.54) is 0 Å². The van der Waals surface area contributed by atoms with Crippen molar-refractivity contribution >= 4 is 11.8 Å². The average Bonchev–Trinajstić information content (AvgIpc) is 3.15. The van der Waals surface area contributed by atoms with Crippen molar-refractivity contribution < 1.29 is 18.7 Å². The first-order valence-electron chi connectivity index (χ1n) is 10.5. The van der Waals surface area contributed by atoms with Gasteiger partial charge in [-0.1, -0.05) is 18.2 Å². The molecule has 0 radical (unpaired) electrons. The monoisotopic (exact) mass is 412 g/mol. The Labute approximate surface area is 176 Å². The normalized spacial score (nSPS) is 17.9. The Morgan fingerprint density at radius 3 is 2.23 bits per heavy atom. The van der Waals surface area contributed by atoms with Gasteiger partial charge in [-0.3, -0.25) is 14.5 Å². The third kappa shape index (κ3) is 4.88. The van der Waals surface area contributed by atoms with Crippen LogP contribution < -0.4 is 0 Å². The number of aryl methyl sites for hydroxylation is 1. The Morgan fingerprint density at radius 2 is 1.57 bits per heavy atom. The maximum Gasteiger partial charge on any atom is 0.236 e. The van der Waals surface area contributed by atoms with Crippen molar-refractivity contribution in [2.24, 2.45) is 0 Å². The molecule has 160 valence electrons. The number of amides is 2. The molecule has 0 saturated carbocycles. The van der Waals surface area contributed by atoms with Crippen LogP contribution in [-0.4, -0.2) is 90.5 Å². The van der Waals surface area contributed by atoms with Crippen molar-refractivity contribution in [2.45, 2.75) is 13.3 Å². The number of hydrogen-bond donors (Lipinski definition) is 0. The average molecular weight is 412 g/mol. The molecule has 0 unspecified atom stereocenters. The molecule has 0 N–H and O–H groups in total. The fourth-order valence-electron chi connectivity index (χ4n) is 3.81. The number of rotatable bonds is 5. The van der Waals surface area contributed by atoms with Crippen LogP contribution in [0.4, 0.5) is 0 Å². The minimum Gasteiger partial charge on any atom is -0.441 e. The zero-order chi connectivity index (χ0) is 20.9. The van der Waals surface area contributed by atoms with Gasteiger partial charge in [0, 0.05) is 44.8 Å². The number of oxazole rings is 1. The summed E-state index contributed by atoms with van der Waals surface area (Å²) in [4.78, 5) is 35.6. The van der Waals surface area contributed by atoms with Crippen LogP contribution in [0.1, 0.15) is 11.5 Å². The smallest absolute Gasteiger partial charge is 0.236 e. The highest BCUT2D eigenvalue weighted by Crippen LogP contribution is 2.22. The minimum atomic E-state index is 0.0197. The fraction of sp³-hybridized carbons (Fsp3) is 0.500. The fourth-order valence-corrected chi connectivity index (χ4v) is 3.81. The van der Waals surface area contributed by atoms with Crippen LogP contribution in [0.2, 0.25) is 0 Å². The Kier molecular flexibility index (Phi) is 6.44. The van der Waals surface area contributed by atoms with Crippen molar-refractivity contribution in [1.29, 1.82) is 0 Å². The van der Waals surface area contributed by atoms with Gasteiger partial charge >= 0.3 is 0 Å². The highest BCUT2D eigenvalue weighted by Gasteiger charge is 2.26. The van der Waals surface area contributed by atoms with Crippen LogP contribution in [0.5, 0.6) is 0 Å². The molecular weight excluding hydrogens is 384 g/mol. The van der Waals surface area contributed by atoms with Crippen LogP contribution in [0.15, 0.2) is 34.7 Å². The van der Waals surface area contributed by atoms with Crippen molar-refractivity contribution in [3.05, 3.63) is 41.8 Å². The van der Waals surface area contributed by atoms with E-state index in [-0.39, 0.29) is 18.2 Å². The number of piperazine rings is 1. The van der Waals surface area contributed by atoms with E-state index in [4.69, 9.17) is 9.15 Å². The molecule has 2 aliphatic rings. The third-order valence-electron chi connectivity index (χ3n) is 5.68. The summed E-state index contributed by atoms with van der Waals surface area (Å²) >= 11 is 0. The molecule has 30 heavy (non-hydrogen) atoms. The van der Waals surface area contributed by atoms with Gasteiger partial charge in [0.2, 0.25) is 17.7 Å². The number of benzene rings is 1. The summed E-state index contributed by atoms with van der Waals surface area (Å²) in [5.74, 6) is 1.35. The van der Waals surface area contributed by atoms with Gasteiger partial charge in [0.05, 0.1) is 31.9 Å². The summed E-state index contributed by atoms with van der Waals surface area (Å²) in [5.41, 5.74) is 1.57. The molecule has 2 saturated heterocycles. The number of nitrogens with zero attached hydrogens (tertiary/aromatic N) is 4. The Hall–Kier alpha value is -2.71. The van der Waals surface area contributed by atoms with Crippen LogP contribution in [0.25, 0.3) is 11.5 Å². The molecule has 1 aromatic carbocycles. The number of hydrogen-bond acceptors (Lipinski definition) is 6. The largest absolute Gasteiger partial charge is 0.441 e. The summed E-state index contributed by atoms with van der Waals surface area (Å²) in [6.45, 7) is 7.47. The Bertz CT molecular complexity index is 869. The number of carbonyl (C=O) groups excluding carboxylic acids is 2. The predicted molar refractivity (Wildman–Crippen MR) is 111 cm³/mol. The van der Waals surface area contributed by atoms with E-state index in [1.54, 1.807) is 0 Å². The molecule has 1 aromatic heterocycles. The predicted octanol–water partition coefficient (Wildman–Crippen LogP) is 1.20. The van der Waals surface area contributed by atoms with Crippen molar-refractivity contribution in [3.63, 3.8) is 0 Å². The van der Waals surface area contributed by atoms with E-state index in [0.717, 1.165) is 18.7 Å². The quantitative estimate of drug-likeness (QED) is 0.734. The van der Waals surface area contributed by atoms with Gasteiger partial charge in [-0.05, 0) is 19.1 Å². The van der Waals surface area contributed by atoms with E-state index in [9.17, 15) is 9.59 Å². The van der Waals surface area contributed by atoms with Crippen LogP contribution in [-0.2, 0) is 20.7 Å². The summed E-state index contributed by atoms with van der Waals surface area (Å²) < 4.78 is 11.1. The van der Waals surface area contributed by atoms with Crippen molar-refractivity contribution in [3.8, 4) is 11.5 Å². The molecule has 0 atom stereocenters. The number of carbonyl (C=O) groups is 2. The molecule has 4 rings (SSSR count). The second-order valence-electron chi connectivity index (χ2n) is 7.71. The SMILES string of the molecule is Cc1oc(-c2ccccc2)nc1CC(=O)N1CCN(C(=O)CN2CCOCC2)CC1. The first-order chi connectivity index (χ1) is 14.6. The second kappa shape index (κ2) is 9.40. The Balaban J connectivity index is 1.28. The molecule has 3 heterocycles. The first-order valence-corrected chi connectivity index (χ1v) is 10.5. The summed E-state index contributed by atoms with van der Waals surface area (Å²) in [5, 5.41) is 0. The Morgan fingerprint density at radius 1 is 0.933 bits per heavy atom. The molecular formula is C22H28N4O4. The lowest BCUT2D eigenvalue weighted by Gasteiger charge is -2.36. The van der Waals surface area contributed by atoms with Crippen molar-refractivity contribution in [1.82, 2.24) is 19.7 Å². The maximum atomic E-state index is 12.8. The zero-order valence-electron chi connectivity index (χ0n) is 17.4. The van der Waals surface area contributed by atoms with Crippen LogP contribution in [0.3, 0.4) is 0 Å². The zero-order valence-corrected chi connectivity index (χ0v) is 17.4. The van der Waals surface area contributed by atoms with E-state index < -0.39 is 0 Å². The topological polar surface area (TPSA) is 79.1 Å². The minimum absolute atomic E-state index is 0.0197. The highest BCUT2D eigenvalue weighted by atomic mass is 16.5. The number of aromatic nitrogens is 1. The standard InChI is InChI=1S/C22H28N4O4/c1-17-19(23-22(30-17)18-5-3-2-4-6-18)15-20(27)25-7-9-26(10-8-25)21(28)16-24-11-13-29-14-12-24/h2-6H,7-16H2,1H3. The highest BCUT2D eigenvalue weighted by molar-refractivity contribution is 5.80. The third-order valence-corrected chi connectivity index (χ3v) is 5.68. The maximum absolute atomic E-state index is 12.8. The molecule has 0 bridgehead atoms. The summed E-state index contributed by atoms with van der Waals surface area (Å²) in [6.07, 6.45) is 0.212. The molecule has 2 fully saturated rings. The summed E-state index contributed by atoms with van der Waals surface area (Å²) in [6, 6.07) is 9.67. The lowest BCUT2D eigenvalue weighted by Crippen LogP contribution is -2.53. The lowest BCUT2D eigenvalue weighted by molar-refractivity contribution is -0.140. The molecule has 2 amide bonds. The van der Waals surface area contributed by atoms with Gasteiger partial charge in [0.15, 0.2) is 0 Å². The molecule has 8 heteroatoms. The van der Waals surface area contributed by atoms with E-state index >= 15 is 0 Å². The number of morpholine rings is 1. The lowest BCUT2D eigenvalue weighted by atomic mass is 10.2. The van der Waals surface area contributed by atoms with Gasteiger partial charge in [0.25, 0.3) is 0 Å². The second-order valence-corrected chi connectivity index (χ2v) is 7.71. The van der Waals surface area contributed by atoms with Gasteiger partial charge in [-0.2, -0.15) is 0 Å². The first kappa shape index (κ1) is 20.6. The van der Waals surface area contributed by atoms with Crippen LogP contribution in [0, 0.1) is 6.92 Å². The summed E-state index contributed by atoms with van der Waals surface area (Å²) in [7, 11) is 0. The van der Waals surface area contributed by atoms with Gasteiger partial charge in [-0.25, -0.2) is 4.98 Å². The number of ether oxygens (including phenoxy) is 1. The van der Waals surface area contributed by atoms with E-state index in [0.29, 0.717) is 63.3 Å². The van der Waals surface area contributed by atoms with Gasteiger partial charge in [0.1, 0.15) is 5.76 Å². The van der Waals surface area contributed by atoms with E-state index in [2.05, 4.69) is 9.88 Å². The van der Waals surface area contributed by atoms with Gasteiger partial charge in [-0.15, -0.1) is 0 Å². The molecule has 8 nitrogen and oxygen atoms in total. The van der Waals surface area contributed by atoms with Crippen molar-refractivity contribution in [2.75, 3.05) is 59.0 Å².